The number of hydrogen-bond donors (Lipinski definition) is 3. The number of anilines is 3. The number of rotatable bonds is 8. The molecule has 196 valence electrons. The number of carbonyl (C=O) groups excluding carboxylic acids is 1. The molecule has 0 saturated carbocycles. The maximum absolute atomic E-state index is 12.1. The first-order valence-electron chi connectivity index (χ1n) is 12.0. The van der Waals surface area contributed by atoms with Gasteiger partial charge in [0.1, 0.15) is 18.2 Å². The number of ether oxygens (including phenoxy) is 2. The number of piperazine rings is 1. The number of methoxy groups -OCH3 is 1. The van der Waals surface area contributed by atoms with Gasteiger partial charge in [0.25, 0.3) is 5.91 Å². The Morgan fingerprint density at radius 2 is 1.84 bits per heavy atom. The number of pyridine rings is 1. The summed E-state index contributed by atoms with van der Waals surface area (Å²) in [5.41, 5.74) is 2.92. The highest BCUT2D eigenvalue weighted by molar-refractivity contribution is 6.33. The summed E-state index contributed by atoms with van der Waals surface area (Å²) in [6, 6.07) is 6.12. The largest absolute Gasteiger partial charge is 0.495 e. The molecule has 1 aromatic carbocycles. The Bertz CT molecular complexity index is 1250. The van der Waals surface area contributed by atoms with E-state index in [2.05, 4.69) is 51.6 Å². The van der Waals surface area contributed by atoms with Gasteiger partial charge in [0.05, 0.1) is 36.4 Å². The monoisotopic (exact) mass is 525 g/mol. The van der Waals surface area contributed by atoms with Crippen molar-refractivity contribution in [1.82, 2.24) is 25.6 Å². The van der Waals surface area contributed by atoms with E-state index in [4.69, 9.17) is 26.1 Å². The number of aromatic nitrogens is 3. The van der Waals surface area contributed by atoms with Crippen LogP contribution in [0.5, 0.6) is 11.5 Å². The van der Waals surface area contributed by atoms with E-state index in [9.17, 15) is 4.79 Å². The molecule has 3 N–H and O–H groups in total. The van der Waals surface area contributed by atoms with Crippen molar-refractivity contribution in [2.45, 2.75) is 39.5 Å². The molecule has 10 nitrogen and oxygen atoms in total. The van der Waals surface area contributed by atoms with Crippen LogP contribution in [0.2, 0.25) is 5.02 Å². The van der Waals surface area contributed by atoms with Gasteiger partial charge in [0.15, 0.2) is 5.75 Å². The van der Waals surface area contributed by atoms with Gasteiger partial charge in [0.2, 0.25) is 5.95 Å². The average molecular weight is 526 g/mol. The molecule has 0 unspecified atom stereocenters. The van der Waals surface area contributed by atoms with E-state index in [0.29, 0.717) is 45.7 Å². The quantitative estimate of drug-likeness (QED) is 0.405. The van der Waals surface area contributed by atoms with Gasteiger partial charge in [-0.3, -0.25) is 4.79 Å². The SMILES string of the molecule is CNC(=O)c1cc(COc2cnc(Nc3cnc(N4C[C@@H](C)N[C@@H](C)C4)c(C)c3)nc2)c(Cl)c(OC)c1. The van der Waals surface area contributed by atoms with Crippen LogP contribution in [0.15, 0.2) is 36.8 Å². The Hall–Kier alpha value is -3.63. The first-order valence-corrected chi connectivity index (χ1v) is 12.4. The van der Waals surface area contributed by atoms with E-state index in [0.717, 1.165) is 30.2 Å². The first-order chi connectivity index (χ1) is 17.8. The second kappa shape index (κ2) is 11.6. The third-order valence-corrected chi connectivity index (χ3v) is 6.44. The summed E-state index contributed by atoms with van der Waals surface area (Å²) in [7, 11) is 3.06. The topological polar surface area (TPSA) is 114 Å². The predicted molar refractivity (Wildman–Crippen MR) is 144 cm³/mol. The fourth-order valence-electron chi connectivity index (χ4n) is 4.40. The summed E-state index contributed by atoms with van der Waals surface area (Å²) >= 11 is 6.41. The first kappa shape index (κ1) is 26.4. The molecule has 0 spiro atoms. The van der Waals surface area contributed by atoms with Crippen molar-refractivity contribution in [3.8, 4) is 11.5 Å². The van der Waals surface area contributed by atoms with Gasteiger partial charge in [-0.1, -0.05) is 11.6 Å². The number of benzene rings is 1. The van der Waals surface area contributed by atoms with Crippen molar-refractivity contribution >= 4 is 35.0 Å². The number of nitrogens with zero attached hydrogens (tertiary/aromatic N) is 4. The van der Waals surface area contributed by atoms with Crippen molar-refractivity contribution in [3.63, 3.8) is 0 Å². The van der Waals surface area contributed by atoms with Gasteiger partial charge in [-0.2, -0.15) is 0 Å². The molecular formula is C26H32ClN7O3. The van der Waals surface area contributed by atoms with E-state index in [-0.39, 0.29) is 12.5 Å². The van der Waals surface area contributed by atoms with Crippen molar-refractivity contribution in [2.24, 2.45) is 0 Å². The summed E-state index contributed by atoms with van der Waals surface area (Å²) in [6.45, 7) is 8.39. The molecule has 1 fully saturated rings. The third kappa shape index (κ3) is 6.39. The van der Waals surface area contributed by atoms with Crippen LogP contribution in [0.3, 0.4) is 0 Å². The zero-order chi connectivity index (χ0) is 26.5. The number of nitrogens with one attached hydrogen (secondary N) is 3. The highest BCUT2D eigenvalue weighted by Gasteiger charge is 2.23. The van der Waals surface area contributed by atoms with E-state index in [1.807, 2.05) is 6.07 Å². The lowest BCUT2D eigenvalue weighted by Crippen LogP contribution is -2.54. The summed E-state index contributed by atoms with van der Waals surface area (Å²) in [4.78, 5) is 27.8. The van der Waals surface area contributed by atoms with Crippen LogP contribution in [0.1, 0.15) is 35.3 Å². The second-order valence-electron chi connectivity index (χ2n) is 9.13. The maximum atomic E-state index is 12.1. The fraction of sp³-hybridized carbons (Fsp3) is 0.385. The minimum absolute atomic E-state index is 0.115. The van der Waals surface area contributed by atoms with Crippen LogP contribution in [-0.4, -0.2) is 60.2 Å². The smallest absolute Gasteiger partial charge is 0.251 e. The number of aryl methyl sites for hydroxylation is 1. The van der Waals surface area contributed by atoms with E-state index in [1.54, 1.807) is 37.8 Å². The van der Waals surface area contributed by atoms with Crippen LogP contribution in [0.25, 0.3) is 0 Å². The van der Waals surface area contributed by atoms with E-state index >= 15 is 0 Å². The number of halogens is 1. The molecule has 3 heterocycles. The van der Waals surface area contributed by atoms with Crippen LogP contribution in [0, 0.1) is 6.92 Å². The predicted octanol–water partition coefficient (Wildman–Crippen LogP) is 3.71. The summed E-state index contributed by atoms with van der Waals surface area (Å²) in [5.74, 6) is 2.02. The molecule has 1 aliphatic heterocycles. The standard InChI is InChI=1S/C26H32ClN7O3/c1-15-6-20(9-29-24(15)34-12-16(2)32-17(3)13-34)33-26-30-10-21(11-31-26)37-14-19-7-18(25(35)28-4)8-22(36-5)23(19)27/h6-11,16-17,32H,12-14H2,1-5H3,(H,28,35)(H,30,31,33)/t16-,17+. The molecular weight excluding hydrogens is 494 g/mol. The Labute approximate surface area is 221 Å². The Morgan fingerprint density at radius 3 is 2.46 bits per heavy atom. The zero-order valence-corrected chi connectivity index (χ0v) is 22.4. The zero-order valence-electron chi connectivity index (χ0n) is 21.6. The van der Waals surface area contributed by atoms with Crippen LogP contribution in [0.4, 0.5) is 17.5 Å². The van der Waals surface area contributed by atoms with Crippen molar-refractivity contribution in [2.75, 3.05) is 37.5 Å². The second-order valence-corrected chi connectivity index (χ2v) is 9.50. The van der Waals surface area contributed by atoms with Gasteiger partial charge in [-0.25, -0.2) is 15.0 Å². The minimum atomic E-state index is -0.246. The van der Waals surface area contributed by atoms with Crippen molar-refractivity contribution < 1.29 is 14.3 Å². The average Bonchev–Trinajstić information content (AvgIpc) is 2.88. The normalized spacial score (nSPS) is 17.3. The molecule has 2 atom stereocenters. The molecule has 37 heavy (non-hydrogen) atoms. The molecule has 1 saturated heterocycles. The lowest BCUT2D eigenvalue weighted by Gasteiger charge is -2.37. The molecule has 0 aliphatic carbocycles. The van der Waals surface area contributed by atoms with Crippen molar-refractivity contribution in [1.29, 1.82) is 0 Å². The number of hydrogen-bond acceptors (Lipinski definition) is 9. The summed E-state index contributed by atoms with van der Waals surface area (Å²) in [5, 5.41) is 9.71. The molecule has 0 radical (unpaired) electrons. The van der Waals surface area contributed by atoms with Crippen molar-refractivity contribution in [3.05, 3.63) is 58.5 Å². The highest BCUT2D eigenvalue weighted by atomic mass is 35.5. The Morgan fingerprint density at radius 1 is 1.14 bits per heavy atom. The van der Waals surface area contributed by atoms with E-state index < -0.39 is 0 Å². The molecule has 3 aromatic rings. The fourth-order valence-corrected chi connectivity index (χ4v) is 4.64. The maximum Gasteiger partial charge on any atom is 0.251 e. The molecule has 11 heteroatoms. The highest BCUT2D eigenvalue weighted by Crippen LogP contribution is 2.31. The third-order valence-electron chi connectivity index (χ3n) is 6.01. The van der Waals surface area contributed by atoms with Gasteiger partial charge in [0, 0.05) is 43.3 Å². The lowest BCUT2D eigenvalue weighted by atomic mass is 10.1. The van der Waals surface area contributed by atoms with E-state index in [1.165, 1.54) is 7.11 Å². The molecule has 2 aromatic heterocycles. The Kier molecular flexibility index (Phi) is 8.30. The van der Waals surface area contributed by atoms with Gasteiger partial charge in [-0.15, -0.1) is 0 Å². The van der Waals surface area contributed by atoms with Crippen LogP contribution >= 0.6 is 11.6 Å². The summed E-state index contributed by atoms with van der Waals surface area (Å²) < 4.78 is 11.1. The molecule has 1 aliphatic rings. The van der Waals surface area contributed by atoms with Crippen LogP contribution in [-0.2, 0) is 6.61 Å². The minimum Gasteiger partial charge on any atom is -0.495 e. The van der Waals surface area contributed by atoms with Gasteiger partial charge < -0.3 is 30.3 Å². The lowest BCUT2D eigenvalue weighted by molar-refractivity contribution is 0.0962. The van der Waals surface area contributed by atoms with Gasteiger partial charge in [-0.05, 0) is 44.5 Å². The van der Waals surface area contributed by atoms with Gasteiger partial charge >= 0.3 is 0 Å². The molecule has 4 rings (SSSR count). The molecule has 1 amide bonds. The Balaban J connectivity index is 1.40. The number of amides is 1. The van der Waals surface area contributed by atoms with Crippen LogP contribution < -0.4 is 30.3 Å². The molecule has 0 bridgehead atoms. The summed E-state index contributed by atoms with van der Waals surface area (Å²) in [6.07, 6.45) is 4.94. The number of carbonyl (C=O) groups is 1.